The monoisotopic (exact) mass is 439 g/mol. The lowest BCUT2D eigenvalue weighted by Crippen LogP contribution is -2.22. The van der Waals surface area contributed by atoms with E-state index in [4.69, 9.17) is 0 Å². The van der Waals surface area contributed by atoms with Gasteiger partial charge in [0.2, 0.25) is 5.78 Å². The highest BCUT2D eigenvalue weighted by Crippen LogP contribution is 2.46. The van der Waals surface area contributed by atoms with Crippen molar-refractivity contribution in [3.63, 3.8) is 0 Å². The molecule has 3 aromatic rings. The molecular weight excluding hydrogens is 413 g/mol. The van der Waals surface area contributed by atoms with E-state index in [9.17, 15) is 14.4 Å². The molecule has 0 fully saturated rings. The lowest BCUT2D eigenvalue weighted by molar-refractivity contribution is 0.103. The number of aromatic nitrogens is 1. The minimum Gasteiger partial charge on any atom is -0.347 e. The number of Topliss-reactive ketones (excluding diaryl/α,β-unsaturated/α-hetero) is 1. The number of rotatable bonds is 4. The van der Waals surface area contributed by atoms with E-state index in [1.165, 1.54) is 11.6 Å². The number of fused-ring (bicyclic) bond motifs is 1. The number of nitrogens with zero attached hydrogens (tertiary/aromatic N) is 3. The molecule has 2 heterocycles. The van der Waals surface area contributed by atoms with E-state index in [0.29, 0.717) is 16.9 Å². The average Bonchev–Trinajstić information content (AvgIpc) is 3.19. The summed E-state index contributed by atoms with van der Waals surface area (Å²) in [7, 11) is 1.99. The van der Waals surface area contributed by atoms with Crippen LogP contribution in [0.3, 0.4) is 0 Å². The van der Waals surface area contributed by atoms with E-state index in [2.05, 4.69) is 36.9 Å². The van der Waals surface area contributed by atoms with Crippen LogP contribution in [-0.4, -0.2) is 17.4 Å². The van der Waals surface area contributed by atoms with Crippen LogP contribution in [0.2, 0.25) is 0 Å². The minimum atomic E-state index is -0.374. The number of nitriles is 1. The Bertz CT molecular complexity index is 1370. The fraction of sp³-hybridized carbons (Fsp3) is 0.214. The summed E-state index contributed by atoms with van der Waals surface area (Å²) >= 11 is 0. The second-order valence-electron chi connectivity index (χ2n) is 8.85. The Morgan fingerprint density at radius 2 is 1.70 bits per heavy atom. The fourth-order valence-electron chi connectivity index (χ4n) is 4.77. The van der Waals surface area contributed by atoms with Gasteiger partial charge in [0, 0.05) is 40.8 Å². The predicted molar refractivity (Wildman–Crippen MR) is 129 cm³/mol. The molecule has 1 aliphatic heterocycles. The first kappa shape index (κ1) is 22.3. The summed E-state index contributed by atoms with van der Waals surface area (Å²) in [5, 5.41) is 9.78. The number of likely N-dealkylation sites (N-methyl/N-ethyl adjacent to an activating group) is 1. The van der Waals surface area contributed by atoms with Crippen molar-refractivity contribution in [2.24, 2.45) is 0 Å². The van der Waals surface area contributed by atoms with Crippen molar-refractivity contribution < 1.29 is 9.18 Å². The first-order chi connectivity index (χ1) is 15.7. The summed E-state index contributed by atoms with van der Waals surface area (Å²) in [5.74, 6) is -0.744. The Labute approximate surface area is 193 Å². The third-order valence-corrected chi connectivity index (χ3v) is 6.48. The van der Waals surface area contributed by atoms with E-state index in [1.807, 2.05) is 32.2 Å². The predicted octanol–water partition coefficient (Wildman–Crippen LogP) is 6.18. The van der Waals surface area contributed by atoms with Crippen molar-refractivity contribution in [1.29, 1.82) is 5.26 Å². The molecule has 4 rings (SSSR count). The zero-order valence-electron chi connectivity index (χ0n) is 19.5. The zero-order valence-corrected chi connectivity index (χ0v) is 19.5. The maximum atomic E-state index is 14.4. The number of carbonyl (C=O) groups excluding carboxylic acids is 1. The number of hydrogen-bond donors (Lipinski definition) is 0. The van der Waals surface area contributed by atoms with Crippen molar-refractivity contribution in [3.8, 4) is 11.8 Å². The Balaban J connectivity index is 1.73. The molecule has 166 valence electrons. The van der Waals surface area contributed by atoms with Gasteiger partial charge in [-0.2, -0.15) is 5.26 Å². The first-order valence-corrected chi connectivity index (χ1v) is 10.8. The van der Waals surface area contributed by atoms with Crippen molar-refractivity contribution in [2.75, 3.05) is 11.9 Å². The third-order valence-electron chi connectivity index (χ3n) is 6.48. The summed E-state index contributed by atoms with van der Waals surface area (Å²) in [6.45, 7) is 7.85. The van der Waals surface area contributed by atoms with Gasteiger partial charge in [-0.25, -0.2) is 4.39 Å². The molecule has 1 aliphatic rings. The van der Waals surface area contributed by atoms with Crippen molar-refractivity contribution >= 4 is 11.5 Å². The SMILES string of the molecule is Cc1cc(C(=O)C(C#N)=CC=C2N(C)c3ccccc3C2(C)C)c(C)n1-c1ccccc1F. The lowest BCUT2D eigenvalue weighted by Gasteiger charge is -2.23. The van der Waals surface area contributed by atoms with Crippen LogP contribution in [0.15, 0.2) is 78.0 Å². The van der Waals surface area contributed by atoms with Gasteiger partial charge >= 0.3 is 0 Å². The smallest absolute Gasteiger partial charge is 0.205 e. The summed E-state index contributed by atoms with van der Waals surface area (Å²) in [6, 6.07) is 18.4. The van der Waals surface area contributed by atoms with Crippen LogP contribution >= 0.6 is 0 Å². The second kappa shape index (κ2) is 8.22. The number of para-hydroxylation sites is 2. The number of hydrogen-bond acceptors (Lipinski definition) is 3. The number of allylic oxidation sites excluding steroid dienone is 4. The molecule has 0 saturated carbocycles. The van der Waals surface area contributed by atoms with Gasteiger partial charge in [-0.15, -0.1) is 0 Å². The molecule has 2 aromatic carbocycles. The maximum absolute atomic E-state index is 14.4. The summed E-state index contributed by atoms with van der Waals surface area (Å²) < 4.78 is 16.1. The maximum Gasteiger partial charge on any atom is 0.205 e. The number of halogens is 1. The van der Waals surface area contributed by atoms with Gasteiger partial charge in [-0.05, 0) is 55.8 Å². The minimum absolute atomic E-state index is 0.0384. The molecule has 0 amide bonds. The topological polar surface area (TPSA) is 49.0 Å². The summed E-state index contributed by atoms with van der Waals surface area (Å²) in [6.07, 6.45) is 3.45. The molecule has 0 spiro atoms. The molecule has 33 heavy (non-hydrogen) atoms. The van der Waals surface area contributed by atoms with Gasteiger partial charge in [-0.3, -0.25) is 4.79 Å². The molecule has 5 heteroatoms. The summed E-state index contributed by atoms with van der Waals surface area (Å²) in [4.78, 5) is 15.4. The molecule has 0 atom stereocenters. The van der Waals surface area contributed by atoms with E-state index in [-0.39, 0.29) is 22.6 Å². The van der Waals surface area contributed by atoms with Crippen LogP contribution in [0.25, 0.3) is 5.69 Å². The van der Waals surface area contributed by atoms with Gasteiger partial charge in [0.1, 0.15) is 17.5 Å². The van der Waals surface area contributed by atoms with E-state index < -0.39 is 0 Å². The van der Waals surface area contributed by atoms with Crippen LogP contribution in [0.1, 0.15) is 41.2 Å². The molecule has 0 aliphatic carbocycles. The Kier molecular flexibility index (Phi) is 5.55. The number of carbonyl (C=O) groups is 1. The average molecular weight is 440 g/mol. The van der Waals surface area contributed by atoms with E-state index in [0.717, 1.165) is 17.1 Å². The van der Waals surface area contributed by atoms with Crippen LogP contribution in [0.5, 0.6) is 0 Å². The zero-order chi connectivity index (χ0) is 23.9. The number of aryl methyl sites for hydroxylation is 1. The molecule has 0 saturated heterocycles. The first-order valence-electron chi connectivity index (χ1n) is 10.8. The van der Waals surface area contributed by atoms with Gasteiger partial charge in [-0.1, -0.05) is 44.2 Å². The normalized spacial score (nSPS) is 16.1. The highest BCUT2D eigenvalue weighted by Gasteiger charge is 2.37. The van der Waals surface area contributed by atoms with Crippen LogP contribution in [0.4, 0.5) is 10.1 Å². The van der Waals surface area contributed by atoms with Crippen LogP contribution in [-0.2, 0) is 5.41 Å². The largest absolute Gasteiger partial charge is 0.347 e. The fourth-order valence-corrected chi connectivity index (χ4v) is 4.77. The van der Waals surface area contributed by atoms with Crippen molar-refractivity contribution in [2.45, 2.75) is 33.1 Å². The van der Waals surface area contributed by atoms with Crippen LogP contribution < -0.4 is 4.90 Å². The Hall–Kier alpha value is -3.91. The summed E-state index contributed by atoms with van der Waals surface area (Å²) in [5.41, 5.74) is 5.19. The standard InChI is InChI=1S/C28H26FN3O/c1-18-16-21(19(2)32(18)25-13-9-7-11-23(25)29)27(33)20(17-30)14-15-26-28(3,4)22-10-6-8-12-24(22)31(26)5/h6-16H,1-5H3. The molecule has 1 aromatic heterocycles. The lowest BCUT2D eigenvalue weighted by atomic mass is 9.83. The van der Waals surface area contributed by atoms with E-state index in [1.54, 1.807) is 41.8 Å². The Morgan fingerprint density at radius 1 is 1.06 bits per heavy atom. The second-order valence-corrected chi connectivity index (χ2v) is 8.85. The number of ketones is 1. The van der Waals surface area contributed by atoms with Crippen LogP contribution in [0, 0.1) is 31.0 Å². The van der Waals surface area contributed by atoms with Gasteiger partial charge in [0.25, 0.3) is 0 Å². The number of anilines is 1. The quantitative estimate of drug-likeness (QED) is 0.277. The van der Waals surface area contributed by atoms with Crippen molar-refractivity contribution in [3.05, 3.63) is 106 Å². The molecule has 0 unspecified atom stereocenters. The molecule has 0 radical (unpaired) electrons. The number of benzene rings is 2. The highest BCUT2D eigenvalue weighted by atomic mass is 19.1. The van der Waals surface area contributed by atoms with Gasteiger partial charge in [0.15, 0.2) is 0 Å². The molecule has 0 N–H and O–H groups in total. The molecule has 0 bridgehead atoms. The third kappa shape index (κ3) is 3.58. The van der Waals surface area contributed by atoms with E-state index >= 15 is 0 Å². The Morgan fingerprint density at radius 3 is 2.33 bits per heavy atom. The van der Waals surface area contributed by atoms with Crippen molar-refractivity contribution in [1.82, 2.24) is 4.57 Å². The van der Waals surface area contributed by atoms with Gasteiger partial charge in [0.05, 0.1) is 5.69 Å². The molecule has 4 nitrogen and oxygen atoms in total. The van der Waals surface area contributed by atoms with Gasteiger partial charge < -0.3 is 9.47 Å². The highest BCUT2D eigenvalue weighted by molar-refractivity contribution is 6.12. The molecular formula is C28H26FN3O.